The zero-order valence-electron chi connectivity index (χ0n) is 14.0. The van der Waals surface area contributed by atoms with Crippen LogP contribution in [0.5, 0.6) is 0 Å². The van der Waals surface area contributed by atoms with Gasteiger partial charge in [0.25, 0.3) is 0 Å². The molecule has 0 aromatic heterocycles. The fraction of sp³-hybridized carbons (Fsp3) is 1.00. The molecule has 1 N–H and O–H groups in total. The lowest BCUT2D eigenvalue weighted by Gasteiger charge is -2.47. The van der Waals surface area contributed by atoms with Gasteiger partial charge in [0.05, 0.1) is 5.60 Å². The van der Waals surface area contributed by atoms with Gasteiger partial charge in [0, 0.05) is 0 Å². The summed E-state index contributed by atoms with van der Waals surface area (Å²) < 4.78 is 0. The standard InChI is InChI=1S/C20H36O/c21-20(18-12-6-2-7-13-18,19-14-8-3-9-15-19)16-17-10-4-1-5-11-17/h17-19,21H,1-16H2. The highest BCUT2D eigenvalue weighted by molar-refractivity contribution is 4.96. The van der Waals surface area contributed by atoms with Gasteiger partial charge < -0.3 is 5.11 Å². The van der Waals surface area contributed by atoms with Crippen LogP contribution in [0.4, 0.5) is 0 Å². The van der Waals surface area contributed by atoms with Gasteiger partial charge >= 0.3 is 0 Å². The maximum Gasteiger partial charge on any atom is 0.0706 e. The molecule has 3 aliphatic carbocycles. The Kier molecular flexibility index (Phi) is 5.65. The molecule has 122 valence electrons. The zero-order valence-corrected chi connectivity index (χ0v) is 14.0. The molecule has 3 aliphatic rings. The summed E-state index contributed by atoms with van der Waals surface area (Å²) in [7, 11) is 0. The lowest BCUT2D eigenvalue weighted by atomic mass is 9.62. The molecule has 1 nitrogen and oxygen atoms in total. The predicted molar refractivity (Wildman–Crippen MR) is 89.3 cm³/mol. The molecule has 0 unspecified atom stereocenters. The van der Waals surface area contributed by atoms with Crippen LogP contribution in [-0.2, 0) is 0 Å². The van der Waals surface area contributed by atoms with Crippen molar-refractivity contribution < 1.29 is 5.11 Å². The number of rotatable bonds is 4. The Labute approximate surface area is 131 Å². The van der Waals surface area contributed by atoms with Gasteiger partial charge in [-0.1, -0.05) is 70.6 Å². The summed E-state index contributed by atoms with van der Waals surface area (Å²) in [5.41, 5.74) is -0.303. The predicted octanol–water partition coefficient (Wildman–Crippen LogP) is 5.85. The molecule has 0 aliphatic heterocycles. The van der Waals surface area contributed by atoms with E-state index in [1.54, 1.807) is 0 Å². The van der Waals surface area contributed by atoms with Gasteiger partial charge in [-0.15, -0.1) is 0 Å². The minimum atomic E-state index is -0.303. The molecule has 0 radical (unpaired) electrons. The molecular weight excluding hydrogens is 256 g/mol. The Morgan fingerprint density at radius 2 is 0.952 bits per heavy atom. The molecular formula is C20H36O. The van der Waals surface area contributed by atoms with E-state index in [1.165, 1.54) is 96.3 Å². The highest BCUT2D eigenvalue weighted by atomic mass is 16.3. The second-order valence-electron chi connectivity index (χ2n) is 8.37. The van der Waals surface area contributed by atoms with Crippen LogP contribution >= 0.6 is 0 Å². The second-order valence-corrected chi connectivity index (χ2v) is 8.37. The zero-order chi connectivity index (χ0) is 14.5. The van der Waals surface area contributed by atoms with Crippen LogP contribution in [0.2, 0.25) is 0 Å². The Balaban J connectivity index is 1.71. The highest BCUT2D eigenvalue weighted by Crippen LogP contribution is 2.47. The topological polar surface area (TPSA) is 20.2 Å². The molecule has 3 rings (SSSR count). The molecule has 0 spiro atoms. The van der Waals surface area contributed by atoms with E-state index in [2.05, 4.69) is 0 Å². The van der Waals surface area contributed by atoms with Gasteiger partial charge in [-0.3, -0.25) is 0 Å². The van der Waals surface area contributed by atoms with Gasteiger partial charge in [0.2, 0.25) is 0 Å². The fourth-order valence-electron chi connectivity index (χ4n) is 5.73. The first kappa shape index (κ1) is 15.8. The fourth-order valence-corrected chi connectivity index (χ4v) is 5.73. The first-order chi connectivity index (χ1) is 10.3. The highest BCUT2D eigenvalue weighted by Gasteiger charge is 2.45. The molecule has 0 atom stereocenters. The second kappa shape index (κ2) is 7.49. The van der Waals surface area contributed by atoms with E-state index < -0.39 is 0 Å². The van der Waals surface area contributed by atoms with E-state index in [4.69, 9.17) is 0 Å². The minimum absolute atomic E-state index is 0.303. The Hall–Kier alpha value is -0.0400. The van der Waals surface area contributed by atoms with Gasteiger partial charge in [0.1, 0.15) is 0 Å². The van der Waals surface area contributed by atoms with E-state index in [0.717, 1.165) is 12.3 Å². The third-order valence-corrected chi connectivity index (χ3v) is 6.96. The van der Waals surface area contributed by atoms with Crippen LogP contribution in [0.1, 0.15) is 103 Å². The van der Waals surface area contributed by atoms with Crippen molar-refractivity contribution in [2.75, 3.05) is 0 Å². The van der Waals surface area contributed by atoms with Crippen molar-refractivity contribution in [2.24, 2.45) is 17.8 Å². The monoisotopic (exact) mass is 292 g/mol. The van der Waals surface area contributed by atoms with Gasteiger partial charge in [-0.2, -0.15) is 0 Å². The minimum Gasteiger partial charge on any atom is -0.389 e. The molecule has 3 saturated carbocycles. The van der Waals surface area contributed by atoms with E-state index in [9.17, 15) is 5.11 Å². The first-order valence-corrected chi connectivity index (χ1v) is 10.0. The molecule has 0 aromatic rings. The van der Waals surface area contributed by atoms with Gasteiger partial charge in [-0.05, 0) is 49.9 Å². The van der Waals surface area contributed by atoms with Gasteiger partial charge in [0.15, 0.2) is 0 Å². The number of hydrogen-bond donors (Lipinski definition) is 1. The summed E-state index contributed by atoms with van der Waals surface area (Å²) in [6.07, 6.45) is 21.7. The summed E-state index contributed by atoms with van der Waals surface area (Å²) in [5, 5.41) is 11.8. The van der Waals surface area contributed by atoms with Crippen molar-refractivity contribution in [2.45, 2.75) is 108 Å². The van der Waals surface area contributed by atoms with Crippen molar-refractivity contribution in [3.05, 3.63) is 0 Å². The van der Waals surface area contributed by atoms with Crippen LogP contribution in [-0.4, -0.2) is 10.7 Å². The van der Waals surface area contributed by atoms with E-state index in [0.29, 0.717) is 11.8 Å². The Morgan fingerprint density at radius 1 is 0.571 bits per heavy atom. The quantitative estimate of drug-likeness (QED) is 0.689. The lowest BCUT2D eigenvalue weighted by molar-refractivity contribution is -0.109. The molecule has 0 amide bonds. The van der Waals surface area contributed by atoms with Crippen LogP contribution in [0.3, 0.4) is 0 Å². The van der Waals surface area contributed by atoms with Crippen molar-refractivity contribution in [1.82, 2.24) is 0 Å². The molecule has 1 heteroatoms. The molecule has 0 bridgehead atoms. The maximum atomic E-state index is 11.8. The molecule has 3 fully saturated rings. The van der Waals surface area contributed by atoms with Crippen molar-refractivity contribution in [1.29, 1.82) is 0 Å². The Bertz CT molecular complexity index is 275. The van der Waals surface area contributed by atoms with Crippen molar-refractivity contribution >= 4 is 0 Å². The first-order valence-electron chi connectivity index (χ1n) is 10.0. The van der Waals surface area contributed by atoms with E-state index in [-0.39, 0.29) is 5.60 Å². The third kappa shape index (κ3) is 3.84. The summed E-state index contributed by atoms with van der Waals surface area (Å²) in [6.45, 7) is 0. The van der Waals surface area contributed by atoms with Crippen LogP contribution in [0.15, 0.2) is 0 Å². The van der Waals surface area contributed by atoms with Crippen LogP contribution in [0.25, 0.3) is 0 Å². The largest absolute Gasteiger partial charge is 0.389 e. The Morgan fingerprint density at radius 3 is 1.38 bits per heavy atom. The SMILES string of the molecule is OC(CC1CCCCC1)(C1CCCCC1)C1CCCCC1. The summed E-state index contributed by atoms with van der Waals surface area (Å²) in [6, 6.07) is 0. The molecule has 0 heterocycles. The molecule has 0 aromatic carbocycles. The van der Waals surface area contributed by atoms with Crippen LogP contribution in [0, 0.1) is 17.8 Å². The average molecular weight is 293 g/mol. The average Bonchev–Trinajstić information content (AvgIpc) is 2.57. The third-order valence-electron chi connectivity index (χ3n) is 6.96. The van der Waals surface area contributed by atoms with Crippen molar-refractivity contribution in [3.63, 3.8) is 0 Å². The summed E-state index contributed by atoms with van der Waals surface area (Å²) >= 11 is 0. The van der Waals surface area contributed by atoms with Gasteiger partial charge in [-0.25, -0.2) is 0 Å². The summed E-state index contributed by atoms with van der Waals surface area (Å²) in [4.78, 5) is 0. The van der Waals surface area contributed by atoms with E-state index >= 15 is 0 Å². The smallest absolute Gasteiger partial charge is 0.0706 e. The van der Waals surface area contributed by atoms with Crippen LogP contribution < -0.4 is 0 Å². The molecule has 0 saturated heterocycles. The maximum absolute atomic E-state index is 11.8. The number of aliphatic hydroxyl groups is 1. The molecule has 21 heavy (non-hydrogen) atoms. The van der Waals surface area contributed by atoms with Crippen molar-refractivity contribution in [3.8, 4) is 0 Å². The lowest BCUT2D eigenvalue weighted by Crippen LogP contribution is -2.48. The normalized spacial score (nSPS) is 27.9. The van der Waals surface area contributed by atoms with E-state index in [1.807, 2.05) is 0 Å². The summed E-state index contributed by atoms with van der Waals surface area (Å²) in [5.74, 6) is 2.07. The number of hydrogen-bond acceptors (Lipinski definition) is 1.